The molecule has 3 N–H and O–H groups in total. The van der Waals surface area contributed by atoms with Crippen LogP contribution in [-0.2, 0) is 4.74 Å². The van der Waals surface area contributed by atoms with E-state index < -0.39 is 0 Å². The Balaban J connectivity index is 2.02. The molecule has 1 aliphatic heterocycles. The number of nitrogens with one attached hydrogen (secondary N) is 1. The lowest BCUT2D eigenvalue weighted by molar-refractivity contribution is 0.0871. The molecule has 0 aromatic rings. The molecule has 0 saturated carbocycles. The standard InChI is InChI=1S/C15H32N2O/c1-4-15-14(8-9-18-15)11-17-10-12(2)6-5-7-13(3)16/h12-15,17H,4-11,16H2,1-3H3. The molecule has 1 rings (SSSR count). The largest absolute Gasteiger partial charge is 0.378 e. The highest BCUT2D eigenvalue weighted by atomic mass is 16.5. The summed E-state index contributed by atoms with van der Waals surface area (Å²) in [6.07, 6.45) is 6.56. The van der Waals surface area contributed by atoms with Gasteiger partial charge in [-0.05, 0) is 51.0 Å². The molecule has 3 nitrogen and oxygen atoms in total. The normalized spacial score (nSPS) is 27.3. The van der Waals surface area contributed by atoms with E-state index in [1.54, 1.807) is 0 Å². The van der Waals surface area contributed by atoms with Crippen LogP contribution in [0.25, 0.3) is 0 Å². The van der Waals surface area contributed by atoms with Crippen LogP contribution in [0.3, 0.4) is 0 Å². The molecule has 0 amide bonds. The zero-order valence-electron chi connectivity index (χ0n) is 12.5. The second-order valence-corrected chi connectivity index (χ2v) is 6.04. The molecule has 0 bridgehead atoms. The Morgan fingerprint density at radius 1 is 1.33 bits per heavy atom. The Hall–Kier alpha value is -0.120. The first kappa shape index (κ1) is 15.9. The van der Waals surface area contributed by atoms with Crippen molar-refractivity contribution in [2.24, 2.45) is 17.6 Å². The van der Waals surface area contributed by atoms with Crippen molar-refractivity contribution in [2.75, 3.05) is 19.7 Å². The number of ether oxygens (including phenoxy) is 1. The van der Waals surface area contributed by atoms with Crippen LogP contribution >= 0.6 is 0 Å². The molecule has 0 aromatic carbocycles. The third kappa shape index (κ3) is 6.17. The fraction of sp³-hybridized carbons (Fsp3) is 1.00. The van der Waals surface area contributed by atoms with Crippen LogP contribution in [0.1, 0.15) is 52.9 Å². The summed E-state index contributed by atoms with van der Waals surface area (Å²) in [5.74, 6) is 1.48. The number of hydrogen-bond donors (Lipinski definition) is 2. The second-order valence-electron chi connectivity index (χ2n) is 6.04. The van der Waals surface area contributed by atoms with Crippen molar-refractivity contribution < 1.29 is 4.74 Å². The van der Waals surface area contributed by atoms with Crippen LogP contribution < -0.4 is 11.1 Å². The summed E-state index contributed by atoms with van der Waals surface area (Å²) in [6, 6.07) is 0.353. The van der Waals surface area contributed by atoms with Gasteiger partial charge >= 0.3 is 0 Å². The van der Waals surface area contributed by atoms with Crippen LogP contribution in [0.5, 0.6) is 0 Å². The molecule has 3 heteroatoms. The summed E-state index contributed by atoms with van der Waals surface area (Å²) in [6.45, 7) is 9.85. The van der Waals surface area contributed by atoms with Gasteiger partial charge in [-0.1, -0.05) is 20.3 Å². The Kier molecular flexibility index (Phi) is 7.87. The van der Waals surface area contributed by atoms with Crippen molar-refractivity contribution >= 4 is 0 Å². The first-order valence-corrected chi connectivity index (χ1v) is 7.71. The molecule has 0 radical (unpaired) electrons. The van der Waals surface area contributed by atoms with Gasteiger partial charge in [-0.2, -0.15) is 0 Å². The molecule has 0 spiro atoms. The van der Waals surface area contributed by atoms with Crippen molar-refractivity contribution in [2.45, 2.75) is 65.0 Å². The van der Waals surface area contributed by atoms with Crippen molar-refractivity contribution in [1.82, 2.24) is 5.32 Å². The third-order valence-corrected chi connectivity index (χ3v) is 4.00. The van der Waals surface area contributed by atoms with Crippen molar-refractivity contribution in [3.05, 3.63) is 0 Å². The lowest BCUT2D eigenvalue weighted by Crippen LogP contribution is -2.31. The van der Waals surface area contributed by atoms with Crippen LogP contribution in [0, 0.1) is 11.8 Å². The Morgan fingerprint density at radius 2 is 2.11 bits per heavy atom. The Bertz CT molecular complexity index is 209. The average Bonchev–Trinajstić information content (AvgIpc) is 2.76. The monoisotopic (exact) mass is 256 g/mol. The smallest absolute Gasteiger partial charge is 0.0613 e. The van der Waals surface area contributed by atoms with Crippen LogP contribution in [0.4, 0.5) is 0 Å². The minimum Gasteiger partial charge on any atom is -0.378 e. The van der Waals surface area contributed by atoms with E-state index >= 15 is 0 Å². The van der Waals surface area contributed by atoms with Gasteiger partial charge in [0.05, 0.1) is 6.10 Å². The minimum atomic E-state index is 0.353. The number of nitrogens with two attached hydrogens (primary N) is 1. The van der Waals surface area contributed by atoms with Crippen LogP contribution in [0.2, 0.25) is 0 Å². The average molecular weight is 256 g/mol. The molecule has 0 aromatic heterocycles. The fourth-order valence-electron chi connectivity index (χ4n) is 2.78. The maximum Gasteiger partial charge on any atom is 0.0613 e. The van der Waals surface area contributed by atoms with Crippen molar-refractivity contribution in [3.63, 3.8) is 0 Å². The van der Waals surface area contributed by atoms with Gasteiger partial charge in [0.2, 0.25) is 0 Å². The molecule has 108 valence electrons. The fourth-order valence-corrected chi connectivity index (χ4v) is 2.78. The van der Waals surface area contributed by atoms with Gasteiger partial charge in [-0.3, -0.25) is 0 Å². The van der Waals surface area contributed by atoms with Crippen LogP contribution in [-0.4, -0.2) is 31.8 Å². The lowest BCUT2D eigenvalue weighted by Gasteiger charge is -2.19. The molecule has 1 fully saturated rings. The van der Waals surface area contributed by atoms with Gasteiger partial charge in [-0.15, -0.1) is 0 Å². The summed E-state index contributed by atoms with van der Waals surface area (Å²) in [7, 11) is 0. The molecule has 4 atom stereocenters. The first-order chi connectivity index (χ1) is 8.63. The van der Waals surface area contributed by atoms with Gasteiger partial charge in [0.25, 0.3) is 0 Å². The zero-order chi connectivity index (χ0) is 13.4. The highest BCUT2D eigenvalue weighted by Gasteiger charge is 2.25. The lowest BCUT2D eigenvalue weighted by atomic mass is 9.98. The van der Waals surface area contributed by atoms with Crippen LogP contribution in [0.15, 0.2) is 0 Å². The maximum atomic E-state index is 5.76. The first-order valence-electron chi connectivity index (χ1n) is 7.71. The second kappa shape index (κ2) is 8.89. The van der Waals surface area contributed by atoms with E-state index in [0.717, 1.165) is 44.4 Å². The van der Waals surface area contributed by atoms with Gasteiger partial charge in [0.15, 0.2) is 0 Å². The van der Waals surface area contributed by atoms with E-state index in [1.807, 2.05) is 0 Å². The molecular formula is C15H32N2O. The maximum absolute atomic E-state index is 5.76. The quantitative estimate of drug-likeness (QED) is 0.666. The van der Waals surface area contributed by atoms with Gasteiger partial charge in [0, 0.05) is 19.2 Å². The minimum absolute atomic E-state index is 0.353. The highest BCUT2D eigenvalue weighted by Crippen LogP contribution is 2.22. The molecular weight excluding hydrogens is 224 g/mol. The summed E-state index contributed by atoms with van der Waals surface area (Å²) < 4.78 is 5.71. The Labute approximate surface area is 113 Å². The highest BCUT2D eigenvalue weighted by molar-refractivity contribution is 4.77. The molecule has 1 heterocycles. The van der Waals surface area contributed by atoms with Crippen molar-refractivity contribution in [3.8, 4) is 0 Å². The molecule has 1 saturated heterocycles. The van der Waals surface area contributed by atoms with E-state index in [0.29, 0.717) is 12.1 Å². The number of hydrogen-bond acceptors (Lipinski definition) is 3. The summed E-state index contributed by atoms with van der Waals surface area (Å²) in [5, 5.41) is 3.62. The van der Waals surface area contributed by atoms with Gasteiger partial charge < -0.3 is 15.8 Å². The van der Waals surface area contributed by atoms with Crippen molar-refractivity contribution in [1.29, 1.82) is 0 Å². The molecule has 4 unspecified atom stereocenters. The van der Waals surface area contributed by atoms with E-state index in [1.165, 1.54) is 19.3 Å². The molecule has 1 aliphatic rings. The molecule has 0 aliphatic carbocycles. The predicted molar refractivity (Wildman–Crippen MR) is 77.7 cm³/mol. The number of rotatable bonds is 9. The Morgan fingerprint density at radius 3 is 2.78 bits per heavy atom. The van der Waals surface area contributed by atoms with Gasteiger partial charge in [-0.25, -0.2) is 0 Å². The molecule has 18 heavy (non-hydrogen) atoms. The van der Waals surface area contributed by atoms with E-state index in [4.69, 9.17) is 10.5 Å². The van der Waals surface area contributed by atoms with E-state index in [-0.39, 0.29) is 0 Å². The van der Waals surface area contributed by atoms with E-state index in [9.17, 15) is 0 Å². The van der Waals surface area contributed by atoms with Gasteiger partial charge in [0.1, 0.15) is 0 Å². The summed E-state index contributed by atoms with van der Waals surface area (Å²) >= 11 is 0. The predicted octanol–water partition coefficient (Wildman–Crippen LogP) is 2.54. The summed E-state index contributed by atoms with van der Waals surface area (Å²) in [5.41, 5.74) is 5.76. The zero-order valence-corrected chi connectivity index (χ0v) is 12.5. The summed E-state index contributed by atoms with van der Waals surface area (Å²) in [4.78, 5) is 0. The SMILES string of the molecule is CCC1OCCC1CNCC(C)CCCC(C)N. The topological polar surface area (TPSA) is 47.3 Å². The van der Waals surface area contributed by atoms with E-state index in [2.05, 4.69) is 26.1 Å². The third-order valence-electron chi connectivity index (χ3n) is 4.00.